The van der Waals surface area contributed by atoms with Gasteiger partial charge in [-0.25, -0.2) is 0 Å². The van der Waals surface area contributed by atoms with Gasteiger partial charge in [0.1, 0.15) is 0 Å². The molecule has 0 N–H and O–H groups in total. The topological polar surface area (TPSA) is 57.0 Å². The van der Waals surface area contributed by atoms with Gasteiger partial charge in [0.05, 0.1) is 0 Å². The molecule has 1 aromatic carbocycles. The maximum atomic E-state index is 11.8. The summed E-state index contributed by atoms with van der Waals surface area (Å²) in [6.07, 6.45) is 0. The van der Waals surface area contributed by atoms with Crippen LogP contribution in [0.1, 0.15) is 12.6 Å². The fraction of sp³-hybridized carbons (Fsp3) is 0.154. The predicted molar refractivity (Wildman–Crippen MR) is 77.3 cm³/mol. The van der Waals surface area contributed by atoms with Crippen LogP contribution >= 0.6 is 11.8 Å². The Hall–Kier alpha value is -1.54. The Morgan fingerprint density at radius 3 is 2.84 bits per heavy atom. The molecular formula is C13H11N3OSSe. The first kappa shape index (κ1) is 13.9. The Morgan fingerprint density at radius 1 is 1.47 bits per heavy atom. The normalized spacial score (nSPS) is 9.89. The number of hydrogen-bond donors (Lipinski definition) is 0. The Bertz CT molecular complexity index is 606. The SMILES string of the molecule is CC(=O)N(c1ccccc1)c1nc(CSC#N)c[se]1. The zero-order valence-corrected chi connectivity index (χ0v) is 12.8. The summed E-state index contributed by atoms with van der Waals surface area (Å²) in [6, 6.07) is 9.49. The van der Waals surface area contributed by atoms with Crippen LogP contribution in [0.25, 0.3) is 0 Å². The van der Waals surface area contributed by atoms with Crippen molar-refractivity contribution in [2.75, 3.05) is 4.90 Å². The van der Waals surface area contributed by atoms with Gasteiger partial charge in [-0.05, 0) is 0 Å². The number of carbonyl (C=O) groups excluding carboxylic acids is 1. The fourth-order valence-electron chi connectivity index (χ4n) is 1.58. The van der Waals surface area contributed by atoms with Gasteiger partial charge in [-0.1, -0.05) is 0 Å². The Labute approximate surface area is 121 Å². The van der Waals surface area contributed by atoms with E-state index in [1.54, 1.807) is 4.90 Å². The van der Waals surface area contributed by atoms with Crippen molar-refractivity contribution >= 4 is 42.6 Å². The van der Waals surface area contributed by atoms with Crippen molar-refractivity contribution in [3.63, 3.8) is 0 Å². The number of anilines is 2. The number of aromatic nitrogens is 1. The summed E-state index contributed by atoms with van der Waals surface area (Å²) in [4.78, 5) is 19.9. The van der Waals surface area contributed by atoms with Gasteiger partial charge in [0.25, 0.3) is 0 Å². The van der Waals surface area contributed by atoms with Crippen LogP contribution in [0.5, 0.6) is 0 Å². The van der Waals surface area contributed by atoms with Gasteiger partial charge >= 0.3 is 122 Å². The van der Waals surface area contributed by atoms with Crippen molar-refractivity contribution < 1.29 is 4.79 Å². The molecule has 0 aliphatic rings. The van der Waals surface area contributed by atoms with Gasteiger partial charge in [0.2, 0.25) is 0 Å². The van der Waals surface area contributed by atoms with Crippen LogP contribution in [0.3, 0.4) is 0 Å². The van der Waals surface area contributed by atoms with E-state index in [-0.39, 0.29) is 20.4 Å². The second-order valence-corrected chi connectivity index (χ2v) is 6.21. The number of rotatable bonds is 4. The Kier molecular flexibility index (Phi) is 4.80. The molecule has 1 aromatic heterocycles. The minimum absolute atomic E-state index is 0.0346. The number of carbonyl (C=O) groups is 1. The molecule has 1 heterocycles. The average Bonchev–Trinajstić information content (AvgIpc) is 2.86. The molecule has 0 aliphatic heterocycles. The van der Waals surface area contributed by atoms with Crippen LogP contribution in [-0.4, -0.2) is 25.4 Å². The third kappa shape index (κ3) is 3.48. The molecule has 0 atom stereocenters. The van der Waals surface area contributed by atoms with Crippen molar-refractivity contribution in [2.24, 2.45) is 0 Å². The van der Waals surface area contributed by atoms with Crippen LogP contribution < -0.4 is 4.90 Å². The predicted octanol–water partition coefficient (Wildman–Crippen LogP) is 2.54. The monoisotopic (exact) mass is 337 g/mol. The van der Waals surface area contributed by atoms with Gasteiger partial charge in [-0.2, -0.15) is 0 Å². The Morgan fingerprint density at radius 2 is 2.21 bits per heavy atom. The third-order valence-electron chi connectivity index (χ3n) is 2.34. The molecule has 96 valence electrons. The number of thiocyanates is 1. The van der Waals surface area contributed by atoms with Gasteiger partial charge < -0.3 is 0 Å². The van der Waals surface area contributed by atoms with Crippen molar-refractivity contribution in [1.82, 2.24) is 4.98 Å². The summed E-state index contributed by atoms with van der Waals surface area (Å²) in [5.74, 6) is 0.525. The number of hydrogen-bond acceptors (Lipinski definition) is 4. The summed E-state index contributed by atoms with van der Waals surface area (Å²) in [5.41, 5.74) is 1.71. The molecule has 0 spiro atoms. The molecule has 0 fully saturated rings. The first-order chi connectivity index (χ1) is 9.22. The van der Waals surface area contributed by atoms with Gasteiger partial charge in [0, 0.05) is 0 Å². The summed E-state index contributed by atoms with van der Waals surface area (Å²) in [7, 11) is 0. The molecule has 0 radical (unpaired) electrons. The minimum atomic E-state index is -0.0468. The Balaban J connectivity index is 2.28. The van der Waals surface area contributed by atoms with E-state index in [1.165, 1.54) is 6.92 Å². The molecular weight excluding hydrogens is 325 g/mol. The molecule has 2 rings (SSSR count). The number of thioether (sulfide) groups is 1. The molecule has 4 nitrogen and oxygen atoms in total. The summed E-state index contributed by atoms with van der Waals surface area (Å²) < 4.78 is 0.778. The van der Waals surface area contributed by atoms with E-state index in [0.717, 1.165) is 27.8 Å². The van der Waals surface area contributed by atoms with Gasteiger partial charge in [-0.15, -0.1) is 0 Å². The van der Waals surface area contributed by atoms with E-state index in [4.69, 9.17) is 5.26 Å². The van der Waals surface area contributed by atoms with Gasteiger partial charge in [-0.3, -0.25) is 0 Å². The van der Waals surface area contributed by atoms with Crippen LogP contribution in [-0.2, 0) is 10.5 Å². The number of benzene rings is 1. The second kappa shape index (κ2) is 6.58. The fourth-order valence-corrected chi connectivity index (χ4v) is 4.03. The van der Waals surface area contributed by atoms with E-state index < -0.39 is 0 Å². The van der Waals surface area contributed by atoms with E-state index in [1.807, 2.05) is 40.7 Å². The first-order valence-corrected chi connectivity index (χ1v) is 8.36. The standard InChI is InChI=1S/C13H11N3OSSe/c1-10(17)16(12-5-3-2-4-6-12)13-15-11(8-19-13)7-18-9-14/h2-6,8H,7H2,1H3. The van der Waals surface area contributed by atoms with Crippen molar-refractivity contribution in [1.29, 1.82) is 5.26 Å². The van der Waals surface area contributed by atoms with Crippen LogP contribution in [0.15, 0.2) is 35.3 Å². The van der Waals surface area contributed by atoms with Crippen LogP contribution in [0.4, 0.5) is 10.4 Å². The number of nitrogens with zero attached hydrogens (tertiary/aromatic N) is 3. The van der Waals surface area contributed by atoms with E-state index in [0.29, 0.717) is 5.75 Å². The van der Waals surface area contributed by atoms with Crippen LogP contribution in [0, 0.1) is 10.7 Å². The summed E-state index contributed by atoms with van der Waals surface area (Å²) in [5, 5.41) is 10.6. The quantitative estimate of drug-likeness (QED) is 0.636. The van der Waals surface area contributed by atoms with Gasteiger partial charge in [0.15, 0.2) is 0 Å². The molecule has 19 heavy (non-hydrogen) atoms. The number of amides is 1. The molecule has 0 unspecified atom stereocenters. The average molecular weight is 336 g/mol. The molecule has 2 aromatic rings. The molecule has 6 heteroatoms. The molecule has 1 amide bonds. The van der Waals surface area contributed by atoms with E-state index >= 15 is 0 Å². The second-order valence-electron chi connectivity index (χ2n) is 3.69. The third-order valence-corrected chi connectivity index (χ3v) is 4.75. The summed E-state index contributed by atoms with van der Waals surface area (Å²) in [6.45, 7) is 1.54. The van der Waals surface area contributed by atoms with E-state index in [2.05, 4.69) is 4.98 Å². The molecule has 0 saturated carbocycles. The van der Waals surface area contributed by atoms with Crippen LogP contribution in [0.2, 0.25) is 0 Å². The molecule has 0 aliphatic carbocycles. The number of para-hydroxylation sites is 1. The molecule has 0 bridgehead atoms. The number of nitriles is 1. The van der Waals surface area contributed by atoms with Crippen molar-refractivity contribution in [3.05, 3.63) is 41.0 Å². The van der Waals surface area contributed by atoms with Crippen molar-refractivity contribution in [2.45, 2.75) is 12.7 Å². The first-order valence-electron chi connectivity index (χ1n) is 5.53. The zero-order chi connectivity index (χ0) is 13.7. The summed E-state index contributed by atoms with van der Waals surface area (Å²) >= 11 is 1.19. The zero-order valence-electron chi connectivity index (χ0n) is 10.2. The van der Waals surface area contributed by atoms with E-state index in [9.17, 15) is 4.79 Å². The maximum absolute atomic E-state index is 11.8. The van der Waals surface area contributed by atoms with Crippen molar-refractivity contribution in [3.8, 4) is 5.40 Å². The molecule has 0 saturated heterocycles.